The number of benzene rings is 2. The number of hydrogen-bond acceptors (Lipinski definition) is 6. The fraction of sp³-hybridized carbons (Fsp3) is 0.0909. The lowest BCUT2D eigenvalue weighted by atomic mass is 10.2. The van der Waals surface area contributed by atoms with Gasteiger partial charge in [0.05, 0.1) is 14.2 Å². The van der Waals surface area contributed by atoms with Crippen molar-refractivity contribution >= 4 is 36.0 Å². The minimum absolute atomic E-state index is 0.246. The number of amides is 6. The van der Waals surface area contributed by atoms with Crippen molar-refractivity contribution in [3.05, 3.63) is 71.1 Å². The summed E-state index contributed by atoms with van der Waals surface area (Å²) < 4.78 is 10.0. The number of urea groups is 2. The van der Waals surface area contributed by atoms with E-state index in [2.05, 4.69) is 21.3 Å². The summed E-state index contributed by atoms with van der Waals surface area (Å²) in [7, 11) is 3.16. The van der Waals surface area contributed by atoms with E-state index in [-0.39, 0.29) is 11.4 Å². The van der Waals surface area contributed by atoms with Gasteiger partial charge in [-0.3, -0.25) is 20.2 Å². The highest BCUT2D eigenvalue weighted by atomic mass is 16.5. The van der Waals surface area contributed by atoms with Gasteiger partial charge in [0.1, 0.15) is 22.9 Å². The average molecular weight is 436 g/mol. The molecule has 2 fully saturated rings. The monoisotopic (exact) mass is 436 g/mol. The van der Waals surface area contributed by atoms with Crippen LogP contribution in [0.15, 0.2) is 59.9 Å². The molecule has 0 radical (unpaired) electrons. The second-order valence-corrected chi connectivity index (χ2v) is 6.48. The summed E-state index contributed by atoms with van der Waals surface area (Å²) in [6.07, 6.45) is 3.19. The molecule has 32 heavy (non-hydrogen) atoms. The van der Waals surface area contributed by atoms with Crippen LogP contribution in [0, 0.1) is 0 Å². The SMILES string of the molecule is COc1ccc(/C=C2\NC(=O)NC2=O)cc1.COc1ccc(/C=C2\NC(=O)NC2=O)cc1. The average Bonchev–Trinajstić information content (AvgIpc) is 3.28. The van der Waals surface area contributed by atoms with E-state index in [0.717, 1.165) is 22.6 Å². The maximum atomic E-state index is 11.2. The van der Waals surface area contributed by atoms with E-state index in [1.807, 2.05) is 0 Å². The fourth-order valence-electron chi connectivity index (χ4n) is 2.70. The van der Waals surface area contributed by atoms with Crippen molar-refractivity contribution < 1.29 is 28.7 Å². The quantitative estimate of drug-likeness (QED) is 0.426. The third kappa shape index (κ3) is 5.72. The van der Waals surface area contributed by atoms with Crippen LogP contribution < -0.4 is 30.7 Å². The van der Waals surface area contributed by atoms with Crippen molar-refractivity contribution in [1.82, 2.24) is 21.3 Å². The highest BCUT2D eigenvalue weighted by Gasteiger charge is 2.23. The Morgan fingerprint density at radius 2 is 0.906 bits per heavy atom. The van der Waals surface area contributed by atoms with Crippen LogP contribution in [0.5, 0.6) is 11.5 Å². The molecule has 0 aliphatic carbocycles. The third-order valence-corrected chi connectivity index (χ3v) is 4.29. The Balaban J connectivity index is 0.000000181. The van der Waals surface area contributed by atoms with E-state index in [0.29, 0.717) is 0 Å². The molecule has 10 nitrogen and oxygen atoms in total. The first-order chi connectivity index (χ1) is 15.4. The first-order valence-corrected chi connectivity index (χ1v) is 9.34. The zero-order valence-corrected chi connectivity index (χ0v) is 17.2. The number of methoxy groups -OCH3 is 2. The van der Waals surface area contributed by atoms with Crippen LogP contribution in [0.4, 0.5) is 9.59 Å². The molecule has 0 unspecified atom stereocenters. The van der Waals surface area contributed by atoms with Gasteiger partial charge in [-0.1, -0.05) is 24.3 Å². The van der Waals surface area contributed by atoms with Gasteiger partial charge in [-0.05, 0) is 47.5 Å². The standard InChI is InChI=1S/2C11H10N2O3/c2*1-16-8-4-2-7(3-5-8)6-9-10(14)13-11(15)12-9/h2*2-6H,1H3,(H2,12,13,14,15)/b2*9-6-. The summed E-state index contributed by atoms with van der Waals surface area (Å²) in [5, 5.41) is 9.08. The molecule has 4 rings (SSSR count). The van der Waals surface area contributed by atoms with Crippen LogP contribution >= 0.6 is 0 Å². The van der Waals surface area contributed by atoms with Gasteiger partial charge in [0.2, 0.25) is 0 Å². The van der Waals surface area contributed by atoms with E-state index >= 15 is 0 Å². The number of imide groups is 2. The molecule has 2 aromatic rings. The molecule has 6 amide bonds. The Bertz CT molecular complexity index is 1010. The van der Waals surface area contributed by atoms with Crippen LogP contribution in [0.1, 0.15) is 11.1 Å². The Labute approximate surface area is 183 Å². The summed E-state index contributed by atoms with van der Waals surface area (Å²) in [6.45, 7) is 0. The largest absolute Gasteiger partial charge is 0.497 e. The van der Waals surface area contributed by atoms with Gasteiger partial charge < -0.3 is 20.1 Å². The number of hydrogen-bond donors (Lipinski definition) is 4. The van der Waals surface area contributed by atoms with Crippen molar-refractivity contribution in [3.8, 4) is 11.5 Å². The van der Waals surface area contributed by atoms with Gasteiger partial charge in [0, 0.05) is 0 Å². The molecule has 4 N–H and O–H groups in total. The molecule has 2 aliphatic rings. The molecule has 2 aromatic carbocycles. The summed E-state index contributed by atoms with van der Waals surface area (Å²) in [5.41, 5.74) is 2.12. The molecule has 0 aromatic heterocycles. The number of rotatable bonds is 4. The molecular formula is C22H20N4O6. The molecule has 2 heterocycles. The summed E-state index contributed by atoms with van der Waals surface area (Å²) in [4.78, 5) is 44.2. The van der Waals surface area contributed by atoms with E-state index in [1.54, 1.807) is 74.9 Å². The molecule has 2 saturated heterocycles. The maximum Gasteiger partial charge on any atom is 0.326 e. The Morgan fingerprint density at radius 3 is 1.16 bits per heavy atom. The van der Waals surface area contributed by atoms with Crippen LogP contribution in [0.25, 0.3) is 12.2 Å². The predicted molar refractivity (Wildman–Crippen MR) is 115 cm³/mol. The zero-order chi connectivity index (χ0) is 23.1. The number of carbonyl (C=O) groups excluding carboxylic acids is 4. The van der Waals surface area contributed by atoms with Crippen molar-refractivity contribution in [1.29, 1.82) is 0 Å². The zero-order valence-electron chi connectivity index (χ0n) is 17.2. The second-order valence-electron chi connectivity index (χ2n) is 6.48. The molecule has 0 bridgehead atoms. The van der Waals surface area contributed by atoms with Crippen molar-refractivity contribution in [2.24, 2.45) is 0 Å². The van der Waals surface area contributed by atoms with E-state index in [4.69, 9.17) is 9.47 Å². The summed E-state index contributed by atoms with van der Waals surface area (Å²) in [5.74, 6) is 0.644. The molecule has 10 heteroatoms. The van der Waals surface area contributed by atoms with Crippen molar-refractivity contribution in [3.63, 3.8) is 0 Å². The van der Waals surface area contributed by atoms with Gasteiger partial charge in [0.15, 0.2) is 0 Å². The van der Waals surface area contributed by atoms with Gasteiger partial charge >= 0.3 is 12.1 Å². The van der Waals surface area contributed by atoms with Crippen LogP contribution in [-0.2, 0) is 9.59 Å². The van der Waals surface area contributed by atoms with Crippen molar-refractivity contribution in [2.45, 2.75) is 0 Å². The number of carbonyl (C=O) groups is 4. The fourth-order valence-corrected chi connectivity index (χ4v) is 2.70. The lowest BCUT2D eigenvalue weighted by Crippen LogP contribution is -2.22. The number of nitrogens with one attached hydrogen (secondary N) is 4. The Kier molecular flexibility index (Phi) is 6.86. The second kappa shape index (κ2) is 9.94. The van der Waals surface area contributed by atoms with Crippen molar-refractivity contribution in [2.75, 3.05) is 14.2 Å². The molecular weight excluding hydrogens is 416 g/mol. The Morgan fingerprint density at radius 1 is 0.562 bits per heavy atom. The topological polar surface area (TPSA) is 135 Å². The third-order valence-electron chi connectivity index (χ3n) is 4.29. The van der Waals surface area contributed by atoms with Gasteiger partial charge in [0.25, 0.3) is 11.8 Å². The van der Waals surface area contributed by atoms with E-state index in [1.165, 1.54) is 0 Å². The smallest absolute Gasteiger partial charge is 0.326 e. The molecule has 2 aliphatic heterocycles. The van der Waals surface area contributed by atoms with E-state index < -0.39 is 23.9 Å². The minimum atomic E-state index is -0.496. The Hall–Kier alpha value is -4.60. The molecule has 0 spiro atoms. The van der Waals surface area contributed by atoms with Crippen LogP contribution in [0.2, 0.25) is 0 Å². The highest BCUT2D eigenvalue weighted by molar-refractivity contribution is 6.14. The summed E-state index contributed by atoms with van der Waals surface area (Å²) in [6, 6.07) is 13.3. The normalized spacial score (nSPS) is 17.2. The molecule has 0 atom stereocenters. The van der Waals surface area contributed by atoms with E-state index in [9.17, 15) is 19.2 Å². The first kappa shape index (κ1) is 22.1. The lowest BCUT2D eigenvalue weighted by molar-refractivity contribution is -0.116. The molecule has 0 saturated carbocycles. The number of ether oxygens (including phenoxy) is 2. The van der Waals surface area contributed by atoms with Gasteiger partial charge in [-0.2, -0.15) is 0 Å². The molecule has 164 valence electrons. The van der Waals surface area contributed by atoms with Crippen LogP contribution in [0.3, 0.4) is 0 Å². The van der Waals surface area contributed by atoms with Gasteiger partial charge in [-0.25, -0.2) is 9.59 Å². The predicted octanol–water partition coefficient (Wildman–Crippen LogP) is 1.75. The summed E-state index contributed by atoms with van der Waals surface area (Å²) >= 11 is 0. The van der Waals surface area contributed by atoms with Crippen LogP contribution in [-0.4, -0.2) is 38.1 Å². The van der Waals surface area contributed by atoms with Gasteiger partial charge in [-0.15, -0.1) is 0 Å². The lowest BCUT2D eigenvalue weighted by Gasteiger charge is -1.99. The minimum Gasteiger partial charge on any atom is -0.497 e. The highest BCUT2D eigenvalue weighted by Crippen LogP contribution is 2.15. The maximum absolute atomic E-state index is 11.2. The first-order valence-electron chi connectivity index (χ1n) is 9.34.